The largest absolute Gasteiger partial charge is 0.364 e. The molecule has 3 unspecified atom stereocenters. The van der Waals surface area contributed by atoms with Crippen LogP contribution in [0.15, 0.2) is 109 Å². The van der Waals surface area contributed by atoms with E-state index in [9.17, 15) is 9.59 Å². The van der Waals surface area contributed by atoms with Crippen LogP contribution in [0, 0.1) is 31.4 Å². The smallest absolute Gasteiger partial charge is 0.259 e. The Bertz CT molecular complexity index is 3140. The van der Waals surface area contributed by atoms with Crippen molar-refractivity contribution in [1.82, 2.24) is 44.0 Å². The van der Waals surface area contributed by atoms with Gasteiger partial charge < -0.3 is 24.3 Å². The number of aryl methyl sites for hydroxylation is 2. The Balaban J connectivity index is 0.792. The summed E-state index contributed by atoms with van der Waals surface area (Å²) in [6.45, 7) is 9.72. The van der Waals surface area contributed by atoms with Gasteiger partial charge in [0.25, 0.3) is 11.8 Å². The van der Waals surface area contributed by atoms with Gasteiger partial charge in [0.15, 0.2) is 0 Å². The molecule has 2 fully saturated rings. The Labute approximate surface area is 379 Å². The standard InChI is InChI=1S/C50H47F2N11O3/c1-27(2)48-36(24-66-60-48)39-8-6-10-46(56-39)58-49(64)35-21-45(29(4)17-38(35)52)62-23-42(54-26-62)33-19-32(33)18-30(5)63-43(14-15-55-63)40-9-7-11-47(57-40)59-50(65)34-20-44(28(3)16-37(34)51)61-22-41(53-25-61)31-12-13-31/h6-11,14-17,20-27,30-33H,12-13,18-19H2,1-5H3,(H,56,58,64)(H,57,59,65). The van der Waals surface area contributed by atoms with Crippen molar-refractivity contribution < 1.29 is 22.9 Å². The van der Waals surface area contributed by atoms with E-state index in [0.717, 1.165) is 54.0 Å². The lowest BCUT2D eigenvalue weighted by Crippen LogP contribution is -2.16. The maximum Gasteiger partial charge on any atom is 0.259 e. The quantitative estimate of drug-likeness (QED) is 0.108. The van der Waals surface area contributed by atoms with Crippen LogP contribution < -0.4 is 10.6 Å². The molecule has 3 atom stereocenters. The Morgan fingerprint density at radius 3 is 2.00 bits per heavy atom. The minimum Gasteiger partial charge on any atom is -0.364 e. The highest BCUT2D eigenvalue weighted by molar-refractivity contribution is 6.05. The number of hydrogen-bond donors (Lipinski definition) is 2. The summed E-state index contributed by atoms with van der Waals surface area (Å²) < 4.78 is 41.4. The van der Waals surface area contributed by atoms with Gasteiger partial charge in [0, 0.05) is 30.4 Å². The zero-order valence-corrected chi connectivity index (χ0v) is 37.0. The number of rotatable bonds is 14. The lowest BCUT2D eigenvalue weighted by atomic mass is 10.0. The molecule has 0 bridgehead atoms. The molecule has 66 heavy (non-hydrogen) atoms. The lowest BCUT2D eigenvalue weighted by molar-refractivity contribution is 0.101. The summed E-state index contributed by atoms with van der Waals surface area (Å²) >= 11 is 0. The van der Waals surface area contributed by atoms with Gasteiger partial charge >= 0.3 is 0 Å². The van der Waals surface area contributed by atoms with Crippen molar-refractivity contribution >= 4 is 23.5 Å². The summed E-state index contributed by atoms with van der Waals surface area (Å²) in [5.41, 5.74) is 7.81. The summed E-state index contributed by atoms with van der Waals surface area (Å²) in [6, 6.07) is 18.2. The van der Waals surface area contributed by atoms with Crippen LogP contribution in [0.25, 0.3) is 34.0 Å². The minimum atomic E-state index is -0.646. The molecule has 2 aliphatic carbocycles. The average Bonchev–Trinajstić information content (AvgIpc) is 3.89. The summed E-state index contributed by atoms with van der Waals surface area (Å²) in [4.78, 5) is 45.6. The Kier molecular flexibility index (Phi) is 10.9. The molecule has 334 valence electrons. The highest BCUT2D eigenvalue weighted by atomic mass is 19.1. The fraction of sp³-hybridized carbons (Fsp3) is 0.280. The van der Waals surface area contributed by atoms with Crippen LogP contribution in [-0.2, 0) is 0 Å². The van der Waals surface area contributed by atoms with Crippen molar-refractivity contribution in [3.05, 3.63) is 155 Å². The molecule has 2 aliphatic rings. The first-order valence-corrected chi connectivity index (χ1v) is 22.1. The molecule has 2 saturated carbocycles. The van der Waals surface area contributed by atoms with Crippen molar-refractivity contribution in [2.75, 3.05) is 10.6 Å². The number of imidazole rings is 2. The normalized spacial score (nSPS) is 16.1. The van der Waals surface area contributed by atoms with E-state index < -0.39 is 23.4 Å². The van der Waals surface area contributed by atoms with Crippen LogP contribution in [0.4, 0.5) is 20.4 Å². The second kappa shape index (κ2) is 17.1. The maximum atomic E-state index is 15.4. The molecule has 0 aliphatic heterocycles. The molecule has 6 aromatic heterocycles. The van der Waals surface area contributed by atoms with Crippen molar-refractivity contribution in [2.24, 2.45) is 5.92 Å². The van der Waals surface area contributed by atoms with Crippen molar-refractivity contribution in [3.8, 4) is 34.0 Å². The van der Waals surface area contributed by atoms with Crippen molar-refractivity contribution in [3.63, 3.8) is 0 Å². The number of aromatic nitrogens is 9. The van der Waals surface area contributed by atoms with E-state index in [4.69, 9.17) is 14.5 Å². The molecule has 0 saturated heterocycles. The Morgan fingerprint density at radius 1 is 0.788 bits per heavy atom. The van der Waals surface area contributed by atoms with Gasteiger partial charge in [0.05, 0.1) is 80.9 Å². The molecule has 0 spiro atoms. The van der Waals surface area contributed by atoms with Gasteiger partial charge in [-0.15, -0.1) is 0 Å². The number of hydrogen-bond acceptors (Lipinski definition) is 9. The molecule has 0 radical (unpaired) electrons. The maximum absolute atomic E-state index is 15.4. The molecule has 10 rings (SSSR count). The molecular formula is C50H47F2N11O3. The fourth-order valence-corrected chi connectivity index (χ4v) is 8.75. The van der Waals surface area contributed by atoms with Gasteiger partial charge in [-0.1, -0.05) is 31.1 Å². The predicted octanol–water partition coefficient (Wildman–Crippen LogP) is 10.5. The number of halogens is 2. The summed E-state index contributed by atoms with van der Waals surface area (Å²) in [5, 5.41) is 14.3. The van der Waals surface area contributed by atoms with Gasteiger partial charge in [0.2, 0.25) is 0 Å². The van der Waals surface area contributed by atoms with Crippen molar-refractivity contribution in [1.29, 1.82) is 0 Å². The summed E-state index contributed by atoms with van der Waals surface area (Å²) in [5.74, 6) is -0.828. The number of amides is 2. The average molecular weight is 888 g/mol. The zero-order chi connectivity index (χ0) is 45.8. The van der Waals surface area contributed by atoms with Gasteiger partial charge in [-0.05, 0) is 124 Å². The molecule has 2 aromatic carbocycles. The fourth-order valence-electron chi connectivity index (χ4n) is 8.75. The third-order valence-electron chi connectivity index (χ3n) is 12.5. The first kappa shape index (κ1) is 42.3. The number of nitrogens with one attached hydrogen (secondary N) is 2. The van der Waals surface area contributed by atoms with E-state index in [1.165, 1.54) is 24.5 Å². The first-order valence-electron chi connectivity index (χ1n) is 22.1. The van der Waals surface area contributed by atoms with E-state index in [1.54, 1.807) is 62.2 Å². The van der Waals surface area contributed by atoms with Gasteiger partial charge in [-0.25, -0.2) is 28.7 Å². The van der Waals surface area contributed by atoms with E-state index in [0.29, 0.717) is 45.7 Å². The van der Waals surface area contributed by atoms with Gasteiger partial charge in [-0.3, -0.25) is 14.3 Å². The molecular weight excluding hydrogens is 841 g/mol. The number of nitrogens with zero attached hydrogens (tertiary/aromatic N) is 9. The highest BCUT2D eigenvalue weighted by Crippen LogP contribution is 2.51. The van der Waals surface area contributed by atoms with Crippen molar-refractivity contribution in [2.45, 2.75) is 84.1 Å². The highest BCUT2D eigenvalue weighted by Gasteiger charge is 2.41. The number of carbonyl (C=O) groups is 2. The summed E-state index contributed by atoms with van der Waals surface area (Å²) in [7, 11) is 0. The van der Waals surface area contributed by atoms with Crippen LogP contribution in [0.3, 0.4) is 0 Å². The third-order valence-corrected chi connectivity index (χ3v) is 12.5. The lowest BCUT2D eigenvalue weighted by Gasteiger charge is -2.16. The number of carbonyl (C=O) groups excluding carboxylic acids is 2. The number of anilines is 2. The Hall–Kier alpha value is -7.62. The Morgan fingerprint density at radius 2 is 1.38 bits per heavy atom. The topological polar surface area (TPSA) is 163 Å². The number of pyridine rings is 2. The predicted molar refractivity (Wildman–Crippen MR) is 244 cm³/mol. The number of benzene rings is 2. The molecule has 2 N–H and O–H groups in total. The third kappa shape index (κ3) is 8.41. The van der Waals surface area contributed by atoms with Crippen LogP contribution in [0.2, 0.25) is 0 Å². The zero-order valence-electron chi connectivity index (χ0n) is 37.0. The SMILES string of the molecule is Cc1cc(F)c(C(=O)Nc2cccc(-c3conc3C(C)C)n2)cc1-n1cnc(C2CC2CC(C)n2nccc2-c2cccc(NC(=O)c3cc(-n4cnc(C5CC5)c4)c(C)cc3F)n2)c1. The molecule has 14 nitrogen and oxygen atoms in total. The molecule has 16 heteroatoms. The van der Waals surface area contributed by atoms with E-state index in [1.807, 2.05) is 59.1 Å². The van der Waals surface area contributed by atoms with Crippen LogP contribution >= 0.6 is 0 Å². The second-order valence-electron chi connectivity index (χ2n) is 17.8. The molecule has 6 heterocycles. The van der Waals surface area contributed by atoms with E-state index in [-0.39, 0.29) is 40.6 Å². The first-order chi connectivity index (χ1) is 31.9. The van der Waals surface area contributed by atoms with Crippen LogP contribution in [-0.4, -0.2) is 55.8 Å². The minimum absolute atomic E-state index is 0.0000214. The van der Waals surface area contributed by atoms with Gasteiger partial charge in [0.1, 0.15) is 29.5 Å². The summed E-state index contributed by atoms with van der Waals surface area (Å²) in [6.07, 6.45) is 14.6. The van der Waals surface area contributed by atoms with Crippen LogP contribution in [0.5, 0.6) is 0 Å². The second-order valence-corrected chi connectivity index (χ2v) is 17.8. The monoisotopic (exact) mass is 887 g/mol. The van der Waals surface area contributed by atoms with Gasteiger partial charge in [-0.2, -0.15) is 5.10 Å². The van der Waals surface area contributed by atoms with Crippen LogP contribution in [0.1, 0.15) is 119 Å². The van der Waals surface area contributed by atoms with E-state index >= 15 is 8.78 Å². The molecule has 2 amide bonds. The van der Waals surface area contributed by atoms with E-state index in [2.05, 4.69) is 37.8 Å². The molecule has 8 aromatic rings.